The van der Waals surface area contributed by atoms with Crippen LogP contribution in [0.3, 0.4) is 0 Å². The summed E-state index contributed by atoms with van der Waals surface area (Å²) in [7, 11) is -4.22. The number of nitrogens with one attached hydrogen (secondary N) is 2. The number of halogens is 3. The van der Waals surface area contributed by atoms with Crippen LogP contribution in [-0.4, -0.2) is 23.6 Å². The van der Waals surface area contributed by atoms with Gasteiger partial charge in [-0.25, -0.2) is 8.42 Å². The summed E-state index contributed by atoms with van der Waals surface area (Å²) in [6, 6.07) is 5.29. The van der Waals surface area contributed by atoms with Gasteiger partial charge in [0.05, 0.1) is 23.0 Å². The summed E-state index contributed by atoms with van der Waals surface area (Å²) in [5.74, 6) is 0. The van der Waals surface area contributed by atoms with Gasteiger partial charge >= 0.3 is 6.18 Å². The number of hydrogen-bond donors (Lipinski definition) is 2. The van der Waals surface area contributed by atoms with E-state index in [-0.39, 0.29) is 5.69 Å². The smallest absolute Gasteiger partial charge is 0.279 e. The molecule has 0 radical (unpaired) electrons. The Hall–Kier alpha value is -2.62. The third kappa shape index (κ3) is 2.97. The van der Waals surface area contributed by atoms with Crippen LogP contribution in [0.15, 0.2) is 47.8 Å². The van der Waals surface area contributed by atoms with Crippen molar-refractivity contribution < 1.29 is 21.6 Å². The highest BCUT2D eigenvalue weighted by Gasteiger charge is 2.32. The Labute approximate surface area is 128 Å². The predicted octanol–water partition coefficient (Wildman–Crippen LogP) is 2.78. The first-order valence-electron chi connectivity index (χ1n) is 6.24. The highest BCUT2D eigenvalue weighted by Crippen LogP contribution is 2.30. The van der Waals surface area contributed by atoms with E-state index in [0.717, 1.165) is 6.20 Å². The summed E-state index contributed by atoms with van der Waals surface area (Å²) in [5.41, 5.74) is -0.345. The number of aromatic nitrogens is 3. The number of sulfonamides is 1. The van der Waals surface area contributed by atoms with Gasteiger partial charge in [-0.2, -0.15) is 18.3 Å². The van der Waals surface area contributed by atoms with Gasteiger partial charge in [-0.3, -0.25) is 14.8 Å². The van der Waals surface area contributed by atoms with Crippen LogP contribution >= 0.6 is 0 Å². The Balaban J connectivity index is 2.01. The van der Waals surface area contributed by atoms with E-state index in [1.54, 1.807) is 12.1 Å². The molecule has 2 heterocycles. The van der Waals surface area contributed by atoms with Crippen molar-refractivity contribution in [2.75, 3.05) is 4.72 Å². The SMILES string of the molecule is O=S(=O)(Nc1cccc2[nH]ncc12)c1cncc(C(F)(F)F)c1. The Morgan fingerprint density at radius 2 is 1.91 bits per heavy atom. The quantitative estimate of drug-likeness (QED) is 0.766. The van der Waals surface area contributed by atoms with Gasteiger partial charge in [-0.1, -0.05) is 6.07 Å². The summed E-state index contributed by atoms with van der Waals surface area (Å²) in [6.45, 7) is 0. The molecule has 0 atom stereocenters. The lowest BCUT2D eigenvalue weighted by molar-refractivity contribution is -0.138. The Kier molecular flexibility index (Phi) is 3.48. The van der Waals surface area contributed by atoms with E-state index in [4.69, 9.17) is 0 Å². The van der Waals surface area contributed by atoms with Crippen LogP contribution in [0.1, 0.15) is 5.56 Å². The zero-order valence-corrected chi connectivity index (χ0v) is 12.1. The van der Waals surface area contributed by atoms with Crippen molar-refractivity contribution in [1.82, 2.24) is 15.2 Å². The van der Waals surface area contributed by atoms with Crippen LogP contribution in [0.5, 0.6) is 0 Å². The van der Waals surface area contributed by atoms with E-state index in [2.05, 4.69) is 19.9 Å². The first kappa shape index (κ1) is 15.3. The normalized spacial score (nSPS) is 12.5. The van der Waals surface area contributed by atoms with Crippen molar-refractivity contribution in [3.8, 4) is 0 Å². The summed E-state index contributed by atoms with van der Waals surface area (Å²) in [4.78, 5) is 2.78. The second-order valence-electron chi connectivity index (χ2n) is 4.65. The summed E-state index contributed by atoms with van der Waals surface area (Å²) >= 11 is 0. The molecule has 120 valence electrons. The van der Waals surface area contributed by atoms with Crippen molar-refractivity contribution in [1.29, 1.82) is 0 Å². The maximum Gasteiger partial charge on any atom is 0.417 e. The molecular formula is C13H9F3N4O2S. The van der Waals surface area contributed by atoms with Crippen molar-refractivity contribution in [3.63, 3.8) is 0 Å². The molecule has 0 aliphatic rings. The molecule has 3 rings (SSSR count). The number of benzene rings is 1. The second-order valence-corrected chi connectivity index (χ2v) is 6.33. The molecule has 0 bridgehead atoms. The summed E-state index contributed by atoms with van der Waals surface area (Å²) < 4.78 is 64.9. The van der Waals surface area contributed by atoms with Gasteiger partial charge in [0.25, 0.3) is 10.0 Å². The number of pyridine rings is 1. The van der Waals surface area contributed by atoms with Gasteiger partial charge in [0.2, 0.25) is 0 Å². The van der Waals surface area contributed by atoms with Crippen LogP contribution in [-0.2, 0) is 16.2 Å². The van der Waals surface area contributed by atoms with Crippen LogP contribution in [0.4, 0.5) is 18.9 Å². The Morgan fingerprint density at radius 3 is 2.65 bits per heavy atom. The summed E-state index contributed by atoms with van der Waals surface area (Å²) in [5, 5.41) is 6.96. The molecule has 10 heteroatoms. The van der Waals surface area contributed by atoms with Gasteiger partial charge < -0.3 is 0 Å². The standard InChI is InChI=1S/C13H9F3N4O2S/c14-13(15,16)8-4-9(6-17-5-8)23(21,22)20-12-3-1-2-11-10(12)7-18-19-11/h1-7,20H,(H,18,19). The zero-order valence-electron chi connectivity index (χ0n) is 11.3. The van der Waals surface area contributed by atoms with Crippen LogP contribution < -0.4 is 4.72 Å². The monoisotopic (exact) mass is 342 g/mol. The number of anilines is 1. The number of H-pyrrole nitrogens is 1. The number of hydrogen-bond acceptors (Lipinski definition) is 4. The van der Waals surface area contributed by atoms with E-state index >= 15 is 0 Å². The highest BCUT2D eigenvalue weighted by molar-refractivity contribution is 7.92. The van der Waals surface area contributed by atoms with Gasteiger partial charge in [0, 0.05) is 17.8 Å². The molecule has 2 N–H and O–H groups in total. The third-order valence-corrected chi connectivity index (χ3v) is 4.41. The number of fused-ring (bicyclic) bond motifs is 1. The van der Waals surface area contributed by atoms with Gasteiger partial charge in [-0.05, 0) is 18.2 Å². The number of alkyl halides is 3. The summed E-state index contributed by atoms with van der Waals surface area (Å²) in [6.07, 6.45) is -1.84. The molecule has 1 aromatic carbocycles. The fourth-order valence-electron chi connectivity index (χ4n) is 1.98. The molecule has 0 unspecified atom stereocenters. The van der Waals surface area contributed by atoms with E-state index in [1.165, 1.54) is 12.3 Å². The van der Waals surface area contributed by atoms with E-state index < -0.39 is 26.7 Å². The molecule has 2 aromatic heterocycles. The molecule has 0 saturated carbocycles. The largest absolute Gasteiger partial charge is 0.417 e. The molecular weight excluding hydrogens is 333 g/mol. The average Bonchev–Trinajstić information content (AvgIpc) is 2.96. The fourth-order valence-corrected chi connectivity index (χ4v) is 3.05. The topological polar surface area (TPSA) is 87.7 Å². The van der Waals surface area contributed by atoms with Crippen molar-refractivity contribution in [2.24, 2.45) is 0 Å². The molecule has 6 nitrogen and oxygen atoms in total. The lowest BCUT2D eigenvalue weighted by atomic mass is 10.2. The molecule has 0 fully saturated rings. The van der Waals surface area contributed by atoms with Crippen molar-refractivity contribution in [2.45, 2.75) is 11.1 Å². The number of rotatable bonds is 3. The third-order valence-electron chi connectivity index (χ3n) is 3.08. The molecule has 0 aliphatic heterocycles. The predicted molar refractivity (Wildman–Crippen MR) is 76.1 cm³/mol. The lowest BCUT2D eigenvalue weighted by Crippen LogP contribution is -2.15. The first-order valence-corrected chi connectivity index (χ1v) is 7.73. The van der Waals surface area contributed by atoms with Crippen LogP contribution in [0.25, 0.3) is 10.9 Å². The van der Waals surface area contributed by atoms with Crippen molar-refractivity contribution >= 4 is 26.6 Å². The van der Waals surface area contributed by atoms with Crippen LogP contribution in [0.2, 0.25) is 0 Å². The maximum atomic E-state index is 12.7. The molecule has 23 heavy (non-hydrogen) atoms. The molecule has 0 aliphatic carbocycles. The zero-order chi connectivity index (χ0) is 16.7. The van der Waals surface area contributed by atoms with Gasteiger partial charge in [0.15, 0.2) is 0 Å². The Bertz CT molecular complexity index is 967. The Morgan fingerprint density at radius 1 is 1.13 bits per heavy atom. The van der Waals surface area contributed by atoms with E-state index in [9.17, 15) is 21.6 Å². The minimum absolute atomic E-state index is 0.202. The molecule has 3 aromatic rings. The van der Waals surface area contributed by atoms with Gasteiger partial charge in [-0.15, -0.1) is 0 Å². The highest BCUT2D eigenvalue weighted by atomic mass is 32.2. The molecule has 0 saturated heterocycles. The lowest BCUT2D eigenvalue weighted by Gasteiger charge is -2.11. The van der Waals surface area contributed by atoms with E-state index in [0.29, 0.717) is 23.2 Å². The minimum Gasteiger partial charge on any atom is -0.279 e. The fraction of sp³-hybridized carbons (Fsp3) is 0.0769. The first-order chi connectivity index (χ1) is 10.8. The van der Waals surface area contributed by atoms with Gasteiger partial charge in [0.1, 0.15) is 4.90 Å². The van der Waals surface area contributed by atoms with E-state index in [1.807, 2.05) is 0 Å². The van der Waals surface area contributed by atoms with Crippen LogP contribution in [0, 0.1) is 0 Å². The maximum absolute atomic E-state index is 12.7. The number of nitrogens with zero attached hydrogens (tertiary/aromatic N) is 2. The second kappa shape index (κ2) is 5.23. The minimum atomic E-state index is -4.68. The molecule has 0 spiro atoms. The molecule has 0 amide bonds. The number of aromatic amines is 1. The average molecular weight is 342 g/mol. The van der Waals surface area contributed by atoms with Crippen molar-refractivity contribution in [3.05, 3.63) is 48.4 Å².